The van der Waals surface area contributed by atoms with E-state index in [1.54, 1.807) is 0 Å². The highest BCUT2D eigenvalue weighted by Crippen LogP contribution is 2.47. The Morgan fingerprint density at radius 2 is 2.11 bits per heavy atom. The van der Waals surface area contributed by atoms with Crippen LogP contribution in [-0.2, 0) is 5.79 Å². The lowest BCUT2D eigenvalue weighted by molar-refractivity contribution is 0.0899. The van der Waals surface area contributed by atoms with Crippen molar-refractivity contribution in [1.29, 1.82) is 0 Å². The van der Waals surface area contributed by atoms with E-state index < -0.39 is 5.79 Å². The molecule has 3 fully saturated rings. The minimum Gasteiger partial charge on any atom is -0.369 e. The summed E-state index contributed by atoms with van der Waals surface area (Å²) in [5.41, 5.74) is 18.4. The van der Waals surface area contributed by atoms with E-state index in [-0.39, 0.29) is 11.8 Å². The summed E-state index contributed by atoms with van der Waals surface area (Å²) in [5.74, 6) is 0.514. The quantitative estimate of drug-likeness (QED) is 0.619. The molecule has 2 aliphatic carbocycles. The van der Waals surface area contributed by atoms with E-state index in [0.717, 1.165) is 37.5 Å². The molecule has 1 aromatic carbocycles. The van der Waals surface area contributed by atoms with Crippen molar-refractivity contribution in [3.8, 4) is 0 Å². The summed E-state index contributed by atoms with van der Waals surface area (Å²) in [6.07, 6.45) is 5.61. The fourth-order valence-corrected chi connectivity index (χ4v) is 5.84. The number of guanidine groups is 1. The van der Waals surface area contributed by atoms with Crippen molar-refractivity contribution < 1.29 is 4.39 Å². The van der Waals surface area contributed by atoms with Crippen LogP contribution in [0.25, 0.3) is 0 Å². The second-order valence-corrected chi connectivity index (χ2v) is 8.95. The average Bonchev–Trinajstić information content (AvgIpc) is 3.38. The standard InChI is InChI=1S/C20H30FN7/c1-12-11-27(6-7-28(12)18-9-13-2-3-14(18)8-13)17-5-4-15(10-16(17)21)20(23)24-19(22)25-26-20/h4-5,10,12-14,18,26H,2-3,6-9,11,23H2,1H3,(H3,22,24,25)/t12-,13?,14?,18?,20?/m1/s1. The number of aliphatic imine (C=N–C) groups is 1. The highest BCUT2D eigenvalue weighted by molar-refractivity contribution is 5.79. The largest absolute Gasteiger partial charge is 0.369 e. The van der Waals surface area contributed by atoms with E-state index >= 15 is 0 Å². The number of halogens is 1. The third kappa shape index (κ3) is 2.94. The molecule has 0 aromatic heterocycles. The monoisotopic (exact) mass is 387 g/mol. The Kier molecular flexibility index (Phi) is 4.26. The number of hydrogen-bond acceptors (Lipinski definition) is 7. The van der Waals surface area contributed by atoms with Gasteiger partial charge in [-0.25, -0.2) is 9.38 Å². The molecule has 2 heterocycles. The number of piperazine rings is 1. The van der Waals surface area contributed by atoms with Gasteiger partial charge in [-0.1, -0.05) is 12.5 Å². The predicted molar refractivity (Wildman–Crippen MR) is 108 cm³/mol. The molecule has 0 amide bonds. The zero-order chi connectivity index (χ0) is 19.5. The van der Waals surface area contributed by atoms with Crippen LogP contribution in [0, 0.1) is 17.7 Å². The van der Waals surface area contributed by atoms with Gasteiger partial charge >= 0.3 is 0 Å². The van der Waals surface area contributed by atoms with E-state index in [9.17, 15) is 4.39 Å². The summed E-state index contributed by atoms with van der Waals surface area (Å²) < 4.78 is 15.0. The molecule has 152 valence electrons. The smallest absolute Gasteiger partial charge is 0.209 e. The second kappa shape index (κ2) is 6.57. The summed E-state index contributed by atoms with van der Waals surface area (Å²) in [4.78, 5) is 8.97. The van der Waals surface area contributed by atoms with Gasteiger partial charge in [0.2, 0.25) is 11.7 Å². The summed E-state index contributed by atoms with van der Waals surface area (Å²) >= 11 is 0. The number of anilines is 1. The summed E-state index contributed by atoms with van der Waals surface area (Å²) in [6.45, 7) is 4.99. The van der Waals surface area contributed by atoms with Gasteiger partial charge in [-0.05, 0) is 50.2 Å². The first-order valence-electron chi connectivity index (χ1n) is 10.4. The van der Waals surface area contributed by atoms with Crippen molar-refractivity contribution in [3.63, 3.8) is 0 Å². The number of hydrogen-bond donors (Lipinski definition) is 4. The zero-order valence-electron chi connectivity index (χ0n) is 16.4. The Balaban J connectivity index is 1.30. The molecule has 0 spiro atoms. The van der Waals surface area contributed by atoms with Crippen LogP contribution >= 0.6 is 0 Å². The van der Waals surface area contributed by atoms with Crippen LogP contribution in [-0.4, -0.2) is 42.6 Å². The van der Waals surface area contributed by atoms with Gasteiger partial charge < -0.3 is 10.6 Å². The lowest BCUT2D eigenvalue weighted by Crippen LogP contribution is -2.56. The maximum absolute atomic E-state index is 15.0. The highest BCUT2D eigenvalue weighted by atomic mass is 19.1. The third-order valence-electron chi connectivity index (χ3n) is 7.21. The zero-order valence-corrected chi connectivity index (χ0v) is 16.4. The molecule has 4 unspecified atom stereocenters. The Bertz CT molecular complexity index is 799. The van der Waals surface area contributed by atoms with Crippen molar-refractivity contribution >= 4 is 11.6 Å². The molecule has 0 radical (unpaired) electrons. The summed E-state index contributed by atoms with van der Waals surface area (Å²) in [6, 6.07) is 6.26. The van der Waals surface area contributed by atoms with E-state index in [2.05, 4.69) is 32.6 Å². The molecule has 1 aromatic rings. The van der Waals surface area contributed by atoms with E-state index in [1.807, 2.05) is 12.1 Å². The Labute approximate surface area is 165 Å². The number of nitrogens with one attached hydrogen (secondary N) is 2. The lowest BCUT2D eigenvalue weighted by Gasteiger charge is -2.46. The number of nitrogens with two attached hydrogens (primary N) is 2. The van der Waals surface area contributed by atoms with Crippen molar-refractivity contribution in [2.45, 2.75) is 50.5 Å². The number of hydrazine groups is 1. The molecular formula is C20H30FN7. The molecule has 28 heavy (non-hydrogen) atoms. The minimum atomic E-state index is -1.24. The van der Waals surface area contributed by atoms with Crippen molar-refractivity contribution in [3.05, 3.63) is 29.6 Å². The molecule has 8 heteroatoms. The van der Waals surface area contributed by atoms with Gasteiger partial charge in [-0.3, -0.25) is 16.1 Å². The van der Waals surface area contributed by atoms with E-state index in [0.29, 0.717) is 17.3 Å². The Hall–Kier alpha value is -1.90. The van der Waals surface area contributed by atoms with Gasteiger partial charge in [0.15, 0.2) is 0 Å². The molecular weight excluding hydrogens is 357 g/mol. The van der Waals surface area contributed by atoms with Gasteiger partial charge in [0.05, 0.1) is 5.69 Å². The summed E-state index contributed by atoms with van der Waals surface area (Å²) in [5, 5.41) is 0. The van der Waals surface area contributed by atoms with Crippen LogP contribution in [0.1, 0.15) is 38.2 Å². The van der Waals surface area contributed by atoms with Crippen molar-refractivity contribution in [1.82, 2.24) is 15.8 Å². The number of rotatable bonds is 3. The first-order chi connectivity index (χ1) is 13.4. The number of fused-ring (bicyclic) bond motifs is 2. The van der Waals surface area contributed by atoms with Gasteiger partial charge in [0, 0.05) is 37.3 Å². The van der Waals surface area contributed by atoms with Crippen molar-refractivity contribution in [2.75, 3.05) is 24.5 Å². The van der Waals surface area contributed by atoms with Crippen LogP contribution in [0.15, 0.2) is 23.2 Å². The summed E-state index contributed by atoms with van der Waals surface area (Å²) in [7, 11) is 0. The number of benzene rings is 1. The van der Waals surface area contributed by atoms with E-state index in [1.165, 1.54) is 31.7 Å². The van der Waals surface area contributed by atoms with Gasteiger partial charge in [0.1, 0.15) is 5.82 Å². The Morgan fingerprint density at radius 3 is 2.71 bits per heavy atom. The maximum Gasteiger partial charge on any atom is 0.209 e. The lowest BCUT2D eigenvalue weighted by atomic mass is 9.92. The minimum absolute atomic E-state index is 0.192. The molecule has 2 saturated carbocycles. The Morgan fingerprint density at radius 1 is 1.25 bits per heavy atom. The fourth-order valence-electron chi connectivity index (χ4n) is 5.84. The van der Waals surface area contributed by atoms with Crippen LogP contribution in [0.4, 0.5) is 10.1 Å². The molecule has 2 bridgehead atoms. The van der Waals surface area contributed by atoms with E-state index in [4.69, 9.17) is 11.5 Å². The van der Waals surface area contributed by atoms with Crippen LogP contribution in [0.3, 0.4) is 0 Å². The normalized spacial score (nSPS) is 38.0. The highest BCUT2D eigenvalue weighted by Gasteiger charge is 2.44. The maximum atomic E-state index is 15.0. The molecule has 1 saturated heterocycles. The van der Waals surface area contributed by atoms with Crippen LogP contribution in [0.2, 0.25) is 0 Å². The molecule has 4 aliphatic rings. The average molecular weight is 388 g/mol. The van der Waals surface area contributed by atoms with Crippen LogP contribution < -0.4 is 27.2 Å². The predicted octanol–water partition coefficient (Wildman–Crippen LogP) is 1.02. The first kappa shape index (κ1) is 18.1. The molecule has 5 rings (SSSR count). The topological polar surface area (TPSA) is 94.9 Å². The van der Waals surface area contributed by atoms with Crippen LogP contribution in [0.5, 0.6) is 0 Å². The number of nitrogens with zero attached hydrogens (tertiary/aromatic N) is 3. The molecule has 7 nitrogen and oxygen atoms in total. The second-order valence-electron chi connectivity index (χ2n) is 8.95. The van der Waals surface area contributed by atoms with Crippen molar-refractivity contribution in [2.24, 2.45) is 28.3 Å². The third-order valence-corrected chi connectivity index (χ3v) is 7.21. The fraction of sp³-hybridized carbons (Fsp3) is 0.650. The molecule has 5 atom stereocenters. The van der Waals surface area contributed by atoms with Gasteiger partial charge in [0.25, 0.3) is 0 Å². The first-order valence-corrected chi connectivity index (χ1v) is 10.4. The molecule has 2 aliphatic heterocycles. The SMILES string of the molecule is C[C@@H]1CN(c2ccc(C3(N)N=C(N)NN3)cc2F)CCN1C1CC2CCC1C2. The molecule has 6 N–H and O–H groups in total. The van der Waals surface area contributed by atoms with Gasteiger partial charge in [-0.2, -0.15) is 5.43 Å². The van der Waals surface area contributed by atoms with Gasteiger partial charge in [-0.15, -0.1) is 0 Å².